The topological polar surface area (TPSA) is 12.0 Å². The Labute approximate surface area is 128 Å². The van der Waals surface area contributed by atoms with Gasteiger partial charge in [-0.3, -0.25) is 0 Å². The molecule has 0 spiro atoms. The lowest BCUT2D eigenvalue weighted by Crippen LogP contribution is -2.27. The van der Waals surface area contributed by atoms with Gasteiger partial charge in [0.15, 0.2) is 0 Å². The summed E-state index contributed by atoms with van der Waals surface area (Å²) in [7, 11) is 0. The number of thiophene rings is 1. The second kappa shape index (κ2) is 6.37. The summed E-state index contributed by atoms with van der Waals surface area (Å²) >= 11 is 1.79. The van der Waals surface area contributed by atoms with Crippen molar-refractivity contribution in [2.75, 3.05) is 0 Å². The van der Waals surface area contributed by atoms with Crippen molar-refractivity contribution in [2.24, 2.45) is 0 Å². The number of nitrogens with one attached hydrogen (secondary N) is 1. The summed E-state index contributed by atoms with van der Waals surface area (Å²) < 4.78 is 14.2. The molecule has 0 aliphatic rings. The predicted molar refractivity (Wildman–Crippen MR) is 88.2 cm³/mol. The lowest BCUT2D eigenvalue weighted by molar-refractivity contribution is 0.546. The van der Waals surface area contributed by atoms with Crippen molar-refractivity contribution in [3.63, 3.8) is 0 Å². The number of fused-ring (bicyclic) bond motifs is 1. The average molecular weight is 299 g/mol. The molecule has 1 heterocycles. The first-order valence-corrected chi connectivity index (χ1v) is 8.03. The molecule has 3 rings (SSSR count). The Hall–Kier alpha value is -1.71. The van der Waals surface area contributed by atoms with Crippen molar-refractivity contribution in [1.29, 1.82) is 0 Å². The summed E-state index contributed by atoms with van der Waals surface area (Å²) in [6.07, 6.45) is 0.905. The van der Waals surface area contributed by atoms with Crippen LogP contribution in [0.5, 0.6) is 0 Å². The number of hydrogen-bond donors (Lipinski definition) is 1. The molecule has 0 saturated carbocycles. The van der Waals surface area contributed by atoms with Crippen LogP contribution in [0.1, 0.15) is 18.1 Å². The molecule has 0 fully saturated rings. The molecule has 3 aromatic rings. The van der Waals surface area contributed by atoms with Crippen LogP contribution < -0.4 is 5.32 Å². The third-order valence-corrected chi connectivity index (χ3v) is 4.67. The fraction of sp³-hybridized carbons (Fsp3) is 0.222. The minimum absolute atomic E-state index is 0.177. The van der Waals surface area contributed by atoms with Crippen molar-refractivity contribution in [3.05, 3.63) is 70.9 Å². The lowest BCUT2D eigenvalue weighted by Gasteiger charge is -2.13. The Morgan fingerprint density at radius 2 is 1.86 bits per heavy atom. The number of halogens is 1. The predicted octanol–water partition coefficient (Wildman–Crippen LogP) is 4.76. The molecular formula is C18H18FNS. The maximum Gasteiger partial charge on any atom is 0.123 e. The quantitative estimate of drug-likeness (QED) is 0.716. The van der Waals surface area contributed by atoms with Crippen LogP contribution in [-0.4, -0.2) is 6.04 Å². The van der Waals surface area contributed by atoms with E-state index >= 15 is 0 Å². The van der Waals surface area contributed by atoms with Gasteiger partial charge in [0.25, 0.3) is 0 Å². The largest absolute Gasteiger partial charge is 0.310 e. The van der Waals surface area contributed by atoms with E-state index in [-0.39, 0.29) is 5.82 Å². The van der Waals surface area contributed by atoms with Gasteiger partial charge in [0.05, 0.1) is 0 Å². The van der Waals surface area contributed by atoms with Gasteiger partial charge in [-0.15, -0.1) is 11.3 Å². The van der Waals surface area contributed by atoms with Crippen LogP contribution in [0.2, 0.25) is 0 Å². The van der Waals surface area contributed by atoms with Gasteiger partial charge in [-0.1, -0.05) is 30.3 Å². The van der Waals surface area contributed by atoms with Gasteiger partial charge in [0, 0.05) is 17.3 Å². The Bertz CT molecular complexity index is 717. The molecule has 3 heteroatoms. The third kappa shape index (κ3) is 3.49. The minimum atomic E-state index is -0.177. The molecule has 0 aliphatic heterocycles. The van der Waals surface area contributed by atoms with Gasteiger partial charge in [0.2, 0.25) is 0 Å². The first-order valence-electron chi connectivity index (χ1n) is 7.15. The number of benzene rings is 2. The van der Waals surface area contributed by atoms with Crippen LogP contribution in [0.4, 0.5) is 4.39 Å². The number of rotatable bonds is 5. The fourth-order valence-corrected chi connectivity index (χ4v) is 3.46. The van der Waals surface area contributed by atoms with Gasteiger partial charge in [0.1, 0.15) is 5.82 Å². The van der Waals surface area contributed by atoms with E-state index in [1.165, 1.54) is 27.8 Å². The van der Waals surface area contributed by atoms with Crippen molar-refractivity contribution in [2.45, 2.75) is 25.9 Å². The molecule has 0 amide bonds. The zero-order valence-electron chi connectivity index (χ0n) is 12.0. The van der Waals surface area contributed by atoms with Gasteiger partial charge < -0.3 is 5.32 Å². The van der Waals surface area contributed by atoms with Crippen molar-refractivity contribution in [1.82, 2.24) is 5.32 Å². The van der Waals surface area contributed by atoms with E-state index in [0.29, 0.717) is 6.04 Å². The zero-order chi connectivity index (χ0) is 14.7. The highest BCUT2D eigenvalue weighted by atomic mass is 32.1. The highest BCUT2D eigenvalue weighted by molar-refractivity contribution is 7.17. The molecule has 0 saturated heterocycles. The molecule has 0 bridgehead atoms. The normalized spacial score (nSPS) is 12.7. The van der Waals surface area contributed by atoms with E-state index in [9.17, 15) is 4.39 Å². The fourth-order valence-electron chi connectivity index (χ4n) is 2.50. The maximum absolute atomic E-state index is 12.9. The maximum atomic E-state index is 12.9. The molecule has 2 aromatic carbocycles. The molecule has 1 atom stereocenters. The molecule has 0 aliphatic carbocycles. The third-order valence-electron chi connectivity index (χ3n) is 3.66. The molecule has 1 N–H and O–H groups in total. The summed E-state index contributed by atoms with van der Waals surface area (Å²) in [4.78, 5) is 0. The van der Waals surface area contributed by atoms with Crippen LogP contribution in [0, 0.1) is 5.82 Å². The minimum Gasteiger partial charge on any atom is -0.310 e. The SMILES string of the molecule is CC(Cc1ccc(F)cc1)NCc1csc2ccccc12. The summed E-state index contributed by atoms with van der Waals surface area (Å²) in [6, 6.07) is 15.6. The number of hydrogen-bond acceptors (Lipinski definition) is 2. The Morgan fingerprint density at radius 3 is 2.67 bits per heavy atom. The van der Waals surface area contributed by atoms with E-state index in [2.05, 4.69) is 41.9 Å². The zero-order valence-corrected chi connectivity index (χ0v) is 12.8. The second-order valence-corrected chi connectivity index (χ2v) is 6.28. The van der Waals surface area contributed by atoms with E-state index < -0.39 is 0 Å². The first-order chi connectivity index (χ1) is 10.2. The first kappa shape index (κ1) is 14.2. The summed E-state index contributed by atoms with van der Waals surface area (Å²) in [5.74, 6) is -0.177. The molecule has 1 unspecified atom stereocenters. The van der Waals surface area contributed by atoms with Gasteiger partial charge in [-0.05, 0) is 53.4 Å². The monoisotopic (exact) mass is 299 g/mol. The highest BCUT2D eigenvalue weighted by Crippen LogP contribution is 2.25. The van der Waals surface area contributed by atoms with Crippen LogP contribution in [-0.2, 0) is 13.0 Å². The molecule has 108 valence electrons. The second-order valence-electron chi connectivity index (χ2n) is 5.37. The van der Waals surface area contributed by atoms with Crippen molar-refractivity contribution in [3.8, 4) is 0 Å². The van der Waals surface area contributed by atoms with Gasteiger partial charge >= 0.3 is 0 Å². The van der Waals surface area contributed by atoms with Crippen LogP contribution >= 0.6 is 11.3 Å². The van der Waals surface area contributed by atoms with Gasteiger partial charge in [-0.2, -0.15) is 0 Å². The van der Waals surface area contributed by atoms with Crippen LogP contribution in [0.25, 0.3) is 10.1 Å². The van der Waals surface area contributed by atoms with Crippen LogP contribution in [0.3, 0.4) is 0 Å². The molecule has 0 radical (unpaired) electrons. The van der Waals surface area contributed by atoms with E-state index in [4.69, 9.17) is 0 Å². The van der Waals surface area contributed by atoms with Crippen molar-refractivity contribution >= 4 is 21.4 Å². The highest BCUT2D eigenvalue weighted by Gasteiger charge is 2.07. The summed E-state index contributed by atoms with van der Waals surface area (Å²) in [6.45, 7) is 3.03. The molecule has 1 aromatic heterocycles. The average Bonchev–Trinajstić information content (AvgIpc) is 2.91. The smallest absolute Gasteiger partial charge is 0.123 e. The van der Waals surface area contributed by atoms with Crippen LogP contribution in [0.15, 0.2) is 53.9 Å². The Balaban J connectivity index is 1.60. The summed E-state index contributed by atoms with van der Waals surface area (Å²) in [5.41, 5.74) is 2.51. The van der Waals surface area contributed by atoms with Crippen molar-refractivity contribution < 1.29 is 4.39 Å². The molecular weight excluding hydrogens is 281 g/mol. The van der Waals surface area contributed by atoms with Gasteiger partial charge in [-0.25, -0.2) is 4.39 Å². The summed E-state index contributed by atoms with van der Waals surface area (Å²) in [5, 5.41) is 7.11. The Morgan fingerprint density at radius 1 is 1.10 bits per heavy atom. The lowest BCUT2D eigenvalue weighted by atomic mass is 10.1. The van der Waals surface area contributed by atoms with E-state index in [1.54, 1.807) is 11.3 Å². The standard InChI is InChI=1S/C18H18FNS/c1-13(10-14-6-8-16(19)9-7-14)20-11-15-12-21-18-5-3-2-4-17(15)18/h2-9,12-13,20H,10-11H2,1H3. The molecule has 1 nitrogen and oxygen atoms in total. The van der Waals surface area contributed by atoms with E-state index in [1.807, 2.05) is 12.1 Å². The molecule has 21 heavy (non-hydrogen) atoms. The van der Waals surface area contributed by atoms with E-state index in [0.717, 1.165) is 18.5 Å². The Kier molecular flexibility index (Phi) is 4.32.